The van der Waals surface area contributed by atoms with E-state index in [9.17, 15) is 9.59 Å². The van der Waals surface area contributed by atoms with E-state index in [1.165, 1.54) is 0 Å². The number of hydrogen-bond acceptors (Lipinski definition) is 3. The van der Waals surface area contributed by atoms with Crippen molar-refractivity contribution < 1.29 is 14.7 Å². The number of halogens is 1. The third kappa shape index (κ3) is 4.52. The number of nitrogens with two attached hydrogens (primary N) is 1. The minimum Gasteiger partial charge on any atom is -0.481 e. The Kier molecular flexibility index (Phi) is 5.16. The molecule has 1 aromatic rings. The molecule has 1 atom stereocenters. The van der Waals surface area contributed by atoms with E-state index in [1.54, 1.807) is 18.2 Å². The topological polar surface area (TPSA) is 92.4 Å². The van der Waals surface area contributed by atoms with Crippen LogP contribution in [-0.4, -0.2) is 23.0 Å². The van der Waals surface area contributed by atoms with Crippen LogP contribution in [0.3, 0.4) is 0 Å². The zero-order valence-corrected chi connectivity index (χ0v) is 13.3. The summed E-state index contributed by atoms with van der Waals surface area (Å²) in [6.07, 6.45) is -0.120. The van der Waals surface area contributed by atoms with Crippen LogP contribution in [0.5, 0.6) is 0 Å². The lowest BCUT2D eigenvalue weighted by molar-refractivity contribution is -0.138. The highest BCUT2D eigenvalue weighted by atomic mass is 79.9. The number of carbonyl (C=O) groups excluding carboxylic acids is 1. The number of aliphatic carboxylic acids is 1. The molecule has 0 radical (unpaired) electrons. The monoisotopic (exact) mass is 342 g/mol. The Labute approximate surface area is 126 Å². The van der Waals surface area contributed by atoms with E-state index in [4.69, 9.17) is 10.8 Å². The second-order valence-electron chi connectivity index (χ2n) is 5.73. The number of anilines is 1. The summed E-state index contributed by atoms with van der Waals surface area (Å²) in [6.45, 7) is 5.67. The van der Waals surface area contributed by atoms with Gasteiger partial charge in [-0.2, -0.15) is 0 Å². The zero-order chi connectivity index (χ0) is 15.5. The molecule has 20 heavy (non-hydrogen) atoms. The van der Waals surface area contributed by atoms with Crippen LogP contribution < -0.4 is 11.1 Å². The molecule has 110 valence electrons. The van der Waals surface area contributed by atoms with Gasteiger partial charge in [0.25, 0.3) is 5.91 Å². The first-order valence-electron chi connectivity index (χ1n) is 6.19. The smallest absolute Gasteiger partial charge is 0.305 e. The predicted octanol–water partition coefficient (Wildman–Crippen LogP) is 2.65. The standard InChI is InChI=1S/C14H19BrN2O3/c1-14(2,3)11(7-12(18)19)17-13(20)8-4-5-10(16)9(15)6-8/h4-6,11H,7,16H2,1-3H3,(H,17,20)(H,18,19). The number of carboxylic acid groups (broad SMARTS) is 1. The van der Waals surface area contributed by atoms with E-state index in [-0.39, 0.29) is 17.7 Å². The van der Waals surface area contributed by atoms with Gasteiger partial charge in [0.05, 0.1) is 6.42 Å². The van der Waals surface area contributed by atoms with Gasteiger partial charge >= 0.3 is 5.97 Å². The molecule has 1 amide bonds. The summed E-state index contributed by atoms with van der Waals surface area (Å²) < 4.78 is 0.635. The quantitative estimate of drug-likeness (QED) is 0.733. The van der Waals surface area contributed by atoms with Crippen molar-refractivity contribution in [2.45, 2.75) is 33.2 Å². The number of carbonyl (C=O) groups is 2. The molecule has 5 nitrogen and oxygen atoms in total. The van der Waals surface area contributed by atoms with Gasteiger partial charge in [0.2, 0.25) is 0 Å². The number of nitrogen functional groups attached to an aromatic ring is 1. The van der Waals surface area contributed by atoms with Gasteiger partial charge in [0, 0.05) is 21.8 Å². The summed E-state index contributed by atoms with van der Waals surface area (Å²) in [6, 6.07) is 4.40. The van der Waals surface area contributed by atoms with Crippen molar-refractivity contribution in [2.75, 3.05) is 5.73 Å². The molecule has 0 aromatic heterocycles. The highest BCUT2D eigenvalue weighted by Crippen LogP contribution is 2.24. The Morgan fingerprint density at radius 3 is 2.45 bits per heavy atom. The van der Waals surface area contributed by atoms with Crippen LogP contribution in [-0.2, 0) is 4.79 Å². The van der Waals surface area contributed by atoms with E-state index in [0.29, 0.717) is 15.7 Å². The molecule has 0 spiro atoms. The first-order chi connectivity index (χ1) is 9.11. The second kappa shape index (κ2) is 6.26. The number of hydrogen-bond donors (Lipinski definition) is 3. The van der Waals surface area contributed by atoms with E-state index >= 15 is 0 Å². The van der Waals surface area contributed by atoms with E-state index in [2.05, 4.69) is 21.2 Å². The molecule has 4 N–H and O–H groups in total. The van der Waals surface area contributed by atoms with Gasteiger partial charge < -0.3 is 16.2 Å². The number of amides is 1. The summed E-state index contributed by atoms with van der Waals surface area (Å²) >= 11 is 3.26. The summed E-state index contributed by atoms with van der Waals surface area (Å²) in [5.74, 6) is -1.25. The highest BCUT2D eigenvalue weighted by molar-refractivity contribution is 9.10. The molecule has 0 fully saturated rings. The van der Waals surface area contributed by atoms with Crippen LogP contribution >= 0.6 is 15.9 Å². The van der Waals surface area contributed by atoms with E-state index in [0.717, 1.165) is 0 Å². The molecule has 1 unspecified atom stereocenters. The predicted molar refractivity (Wildman–Crippen MR) is 81.5 cm³/mol. The van der Waals surface area contributed by atoms with Gasteiger partial charge in [-0.3, -0.25) is 9.59 Å². The molecule has 0 saturated heterocycles. The third-order valence-corrected chi connectivity index (χ3v) is 3.68. The van der Waals surface area contributed by atoms with Crippen LogP contribution in [0.15, 0.2) is 22.7 Å². The summed E-state index contributed by atoms with van der Waals surface area (Å²) in [4.78, 5) is 23.1. The van der Waals surface area contributed by atoms with Crippen molar-refractivity contribution in [3.8, 4) is 0 Å². The van der Waals surface area contributed by atoms with Crippen molar-refractivity contribution in [1.82, 2.24) is 5.32 Å². The molecule has 6 heteroatoms. The fourth-order valence-electron chi connectivity index (χ4n) is 1.66. The SMILES string of the molecule is CC(C)(C)C(CC(=O)O)NC(=O)c1ccc(N)c(Br)c1. The fourth-order valence-corrected chi connectivity index (χ4v) is 2.04. The van der Waals surface area contributed by atoms with Gasteiger partial charge in [-0.05, 0) is 39.5 Å². The van der Waals surface area contributed by atoms with Crippen LogP contribution in [0.2, 0.25) is 0 Å². The Morgan fingerprint density at radius 2 is 2.00 bits per heavy atom. The third-order valence-electron chi connectivity index (χ3n) is 2.99. The van der Waals surface area contributed by atoms with Crippen molar-refractivity contribution in [1.29, 1.82) is 0 Å². The van der Waals surface area contributed by atoms with Crippen molar-refractivity contribution in [3.05, 3.63) is 28.2 Å². The molecule has 0 saturated carbocycles. The van der Waals surface area contributed by atoms with Crippen LogP contribution in [0, 0.1) is 5.41 Å². The summed E-state index contributed by atoms with van der Waals surface area (Å²) in [7, 11) is 0. The van der Waals surface area contributed by atoms with Gasteiger partial charge in [-0.15, -0.1) is 0 Å². The van der Waals surface area contributed by atoms with Crippen LogP contribution in [0.4, 0.5) is 5.69 Å². The average molecular weight is 343 g/mol. The molecular weight excluding hydrogens is 324 g/mol. The van der Waals surface area contributed by atoms with Gasteiger partial charge in [-0.1, -0.05) is 20.8 Å². The number of nitrogens with one attached hydrogen (secondary N) is 1. The Hall–Kier alpha value is -1.56. The molecule has 0 heterocycles. The largest absolute Gasteiger partial charge is 0.481 e. The molecular formula is C14H19BrN2O3. The molecule has 0 aliphatic heterocycles. The maximum Gasteiger partial charge on any atom is 0.305 e. The van der Waals surface area contributed by atoms with Crippen molar-refractivity contribution in [3.63, 3.8) is 0 Å². The Balaban J connectivity index is 2.90. The average Bonchev–Trinajstić information content (AvgIpc) is 2.30. The first-order valence-corrected chi connectivity index (χ1v) is 6.98. The first kappa shape index (κ1) is 16.5. The maximum absolute atomic E-state index is 12.2. The van der Waals surface area contributed by atoms with Crippen molar-refractivity contribution >= 4 is 33.5 Å². The van der Waals surface area contributed by atoms with Gasteiger partial charge in [-0.25, -0.2) is 0 Å². The molecule has 0 aliphatic rings. The minimum atomic E-state index is -0.941. The van der Waals surface area contributed by atoms with Crippen molar-refractivity contribution in [2.24, 2.45) is 5.41 Å². The summed E-state index contributed by atoms with van der Waals surface area (Å²) in [5, 5.41) is 11.7. The number of benzene rings is 1. The molecule has 0 aliphatic carbocycles. The van der Waals surface area contributed by atoms with Crippen LogP contribution in [0.25, 0.3) is 0 Å². The number of rotatable bonds is 4. The van der Waals surface area contributed by atoms with Gasteiger partial charge in [0.15, 0.2) is 0 Å². The lowest BCUT2D eigenvalue weighted by Gasteiger charge is -2.30. The lowest BCUT2D eigenvalue weighted by Crippen LogP contribution is -2.45. The minimum absolute atomic E-state index is 0.120. The van der Waals surface area contributed by atoms with E-state index in [1.807, 2.05) is 20.8 Å². The summed E-state index contributed by atoms with van der Waals surface area (Å²) in [5.41, 5.74) is 6.30. The Bertz CT molecular complexity index is 524. The molecule has 1 rings (SSSR count). The molecule has 1 aromatic carbocycles. The van der Waals surface area contributed by atoms with Gasteiger partial charge in [0.1, 0.15) is 0 Å². The zero-order valence-electron chi connectivity index (χ0n) is 11.7. The Morgan fingerprint density at radius 1 is 1.40 bits per heavy atom. The second-order valence-corrected chi connectivity index (χ2v) is 6.58. The normalized spacial score (nSPS) is 12.8. The molecule has 0 bridgehead atoms. The fraction of sp³-hybridized carbons (Fsp3) is 0.429. The van der Waals surface area contributed by atoms with Crippen LogP contribution in [0.1, 0.15) is 37.6 Å². The van der Waals surface area contributed by atoms with E-state index < -0.39 is 12.0 Å². The maximum atomic E-state index is 12.2. The number of carboxylic acids is 1. The lowest BCUT2D eigenvalue weighted by atomic mass is 9.84. The highest BCUT2D eigenvalue weighted by Gasteiger charge is 2.28.